The molecule has 1 N–H and O–H groups in total. The summed E-state index contributed by atoms with van der Waals surface area (Å²) >= 11 is 0. The summed E-state index contributed by atoms with van der Waals surface area (Å²) in [5, 5.41) is 3.17. The first-order chi connectivity index (χ1) is 14.8. The molecule has 6 nitrogen and oxygen atoms in total. The third kappa shape index (κ3) is 5.57. The zero-order valence-electron chi connectivity index (χ0n) is 17.8. The van der Waals surface area contributed by atoms with E-state index in [4.69, 9.17) is 0 Å². The van der Waals surface area contributed by atoms with Gasteiger partial charge in [0.2, 0.25) is 11.9 Å². The van der Waals surface area contributed by atoms with Gasteiger partial charge in [-0.2, -0.15) is 0 Å². The topological polar surface area (TPSA) is 61.4 Å². The Morgan fingerprint density at radius 3 is 2.40 bits per heavy atom. The molecule has 2 aliphatic rings. The molecule has 1 aromatic heterocycles. The quantitative estimate of drug-likeness (QED) is 0.796. The van der Waals surface area contributed by atoms with Crippen molar-refractivity contribution in [2.75, 3.05) is 44.2 Å². The van der Waals surface area contributed by atoms with Crippen LogP contribution in [0, 0.1) is 5.92 Å². The van der Waals surface area contributed by atoms with Crippen molar-refractivity contribution in [2.24, 2.45) is 5.92 Å². The van der Waals surface area contributed by atoms with E-state index in [1.54, 1.807) is 0 Å². The molecule has 1 aromatic carbocycles. The number of piperidine rings is 1. The molecule has 3 heterocycles. The van der Waals surface area contributed by atoms with Crippen LogP contribution in [0.1, 0.15) is 38.5 Å². The van der Waals surface area contributed by atoms with Crippen LogP contribution in [-0.4, -0.2) is 60.0 Å². The zero-order valence-corrected chi connectivity index (χ0v) is 17.8. The summed E-state index contributed by atoms with van der Waals surface area (Å²) in [6.45, 7) is 5.65. The van der Waals surface area contributed by atoms with E-state index in [1.807, 2.05) is 30.6 Å². The summed E-state index contributed by atoms with van der Waals surface area (Å²) in [7, 11) is 0. The van der Waals surface area contributed by atoms with Gasteiger partial charge in [-0.05, 0) is 44.3 Å². The van der Waals surface area contributed by atoms with Crippen LogP contribution in [-0.2, 0) is 4.79 Å². The number of nitrogens with zero attached hydrogens (tertiary/aromatic N) is 4. The minimum atomic E-state index is 0.0142. The Hall–Kier alpha value is -2.47. The first-order valence-electron chi connectivity index (χ1n) is 11.4. The molecule has 4 rings (SSSR count). The Kier molecular flexibility index (Phi) is 7.29. The van der Waals surface area contributed by atoms with Gasteiger partial charge >= 0.3 is 0 Å². The lowest BCUT2D eigenvalue weighted by atomic mass is 9.97. The van der Waals surface area contributed by atoms with Crippen molar-refractivity contribution >= 4 is 11.9 Å². The van der Waals surface area contributed by atoms with Crippen molar-refractivity contribution in [3.8, 4) is 11.1 Å². The Labute approximate surface area is 179 Å². The molecule has 6 heteroatoms. The van der Waals surface area contributed by atoms with Crippen molar-refractivity contribution in [3.63, 3.8) is 0 Å². The smallest absolute Gasteiger partial charge is 0.225 e. The first-order valence-corrected chi connectivity index (χ1v) is 11.4. The number of hydrogen-bond donors (Lipinski definition) is 1. The van der Waals surface area contributed by atoms with Crippen LogP contribution in [0.25, 0.3) is 11.1 Å². The average Bonchev–Trinajstić information content (AvgIpc) is 3.09. The lowest BCUT2D eigenvalue weighted by Gasteiger charge is -2.32. The highest BCUT2D eigenvalue weighted by Gasteiger charge is 2.27. The van der Waals surface area contributed by atoms with Gasteiger partial charge in [0.25, 0.3) is 0 Å². The van der Waals surface area contributed by atoms with Crippen LogP contribution in [0.4, 0.5) is 5.95 Å². The van der Waals surface area contributed by atoms with Gasteiger partial charge in [-0.3, -0.25) is 4.79 Å². The molecule has 0 saturated carbocycles. The molecule has 2 aliphatic heterocycles. The summed E-state index contributed by atoms with van der Waals surface area (Å²) < 4.78 is 0. The number of carbonyl (C=O) groups excluding carboxylic acids is 1. The fourth-order valence-corrected chi connectivity index (χ4v) is 4.48. The molecule has 0 unspecified atom stereocenters. The molecule has 0 bridgehead atoms. The second kappa shape index (κ2) is 10.5. The number of benzene rings is 1. The lowest BCUT2D eigenvalue weighted by Crippen LogP contribution is -2.45. The Balaban J connectivity index is 1.27. The molecular formula is C24H33N5O. The Morgan fingerprint density at radius 2 is 1.67 bits per heavy atom. The molecule has 2 aromatic rings. The molecule has 0 radical (unpaired) electrons. The van der Waals surface area contributed by atoms with Crippen molar-refractivity contribution < 1.29 is 4.79 Å². The zero-order chi connectivity index (χ0) is 20.6. The monoisotopic (exact) mass is 407 g/mol. The second-order valence-electron chi connectivity index (χ2n) is 8.47. The largest absolute Gasteiger partial charge is 0.355 e. The maximum Gasteiger partial charge on any atom is 0.225 e. The van der Waals surface area contributed by atoms with Crippen LogP contribution in [0.2, 0.25) is 0 Å². The third-order valence-corrected chi connectivity index (χ3v) is 6.25. The molecule has 1 atom stereocenters. The van der Waals surface area contributed by atoms with Crippen molar-refractivity contribution in [2.45, 2.75) is 38.5 Å². The van der Waals surface area contributed by atoms with E-state index >= 15 is 0 Å². The van der Waals surface area contributed by atoms with E-state index in [0.29, 0.717) is 6.54 Å². The normalized spacial score (nSPS) is 20.5. The number of nitrogens with one attached hydrogen (secondary N) is 1. The first kappa shape index (κ1) is 20.8. The van der Waals surface area contributed by atoms with Crippen LogP contribution in [0.3, 0.4) is 0 Å². The summed E-state index contributed by atoms with van der Waals surface area (Å²) in [5.74, 6) is 0.910. The van der Waals surface area contributed by atoms with E-state index < -0.39 is 0 Å². The van der Waals surface area contributed by atoms with Gasteiger partial charge in [-0.25, -0.2) is 9.97 Å². The van der Waals surface area contributed by atoms with E-state index in [0.717, 1.165) is 49.6 Å². The average molecular weight is 408 g/mol. The van der Waals surface area contributed by atoms with Gasteiger partial charge in [0.15, 0.2) is 0 Å². The predicted molar refractivity (Wildman–Crippen MR) is 120 cm³/mol. The highest BCUT2D eigenvalue weighted by molar-refractivity contribution is 5.79. The highest BCUT2D eigenvalue weighted by atomic mass is 16.1. The van der Waals surface area contributed by atoms with Crippen molar-refractivity contribution in [1.82, 2.24) is 20.2 Å². The fourth-order valence-electron chi connectivity index (χ4n) is 4.48. The maximum atomic E-state index is 12.7. The fraction of sp³-hybridized carbons (Fsp3) is 0.542. The second-order valence-corrected chi connectivity index (χ2v) is 8.47. The SMILES string of the molecule is O=C(NCCN1CCCCCC1)[C@H]1CCCN(c2ncc(-c3ccccc3)cn2)C1. The molecule has 1 amide bonds. The molecule has 0 aliphatic carbocycles. The van der Waals surface area contributed by atoms with Crippen LogP contribution < -0.4 is 10.2 Å². The number of anilines is 1. The van der Waals surface area contributed by atoms with Crippen LogP contribution in [0.5, 0.6) is 0 Å². The maximum absolute atomic E-state index is 12.7. The van der Waals surface area contributed by atoms with E-state index in [2.05, 4.69) is 37.2 Å². The van der Waals surface area contributed by atoms with Crippen molar-refractivity contribution in [1.29, 1.82) is 0 Å². The number of aromatic nitrogens is 2. The van der Waals surface area contributed by atoms with E-state index in [9.17, 15) is 4.79 Å². The molecule has 2 saturated heterocycles. The minimum absolute atomic E-state index is 0.0142. The Bertz CT molecular complexity index is 787. The third-order valence-electron chi connectivity index (χ3n) is 6.25. The van der Waals surface area contributed by atoms with Gasteiger partial charge in [0.05, 0.1) is 5.92 Å². The van der Waals surface area contributed by atoms with E-state index in [-0.39, 0.29) is 11.8 Å². The van der Waals surface area contributed by atoms with Gasteiger partial charge in [0.1, 0.15) is 0 Å². The number of hydrogen-bond acceptors (Lipinski definition) is 5. The Morgan fingerprint density at radius 1 is 0.933 bits per heavy atom. The molecule has 30 heavy (non-hydrogen) atoms. The standard InChI is InChI=1S/C24H33N5O/c30-23(25-12-16-28-13-6-1-2-7-14-28)21-11-8-15-29(19-21)24-26-17-22(18-27-24)20-9-4-3-5-10-20/h3-5,9-10,17-18,21H,1-2,6-8,11-16,19H2,(H,25,30)/t21-/m0/s1. The summed E-state index contributed by atoms with van der Waals surface area (Å²) in [6, 6.07) is 10.2. The summed E-state index contributed by atoms with van der Waals surface area (Å²) in [4.78, 5) is 26.5. The summed E-state index contributed by atoms with van der Waals surface area (Å²) in [5.41, 5.74) is 2.13. The molecule has 2 fully saturated rings. The highest BCUT2D eigenvalue weighted by Crippen LogP contribution is 2.23. The minimum Gasteiger partial charge on any atom is -0.355 e. The molecule has 160 valence electrons. The lowest BCUT2D eigenvalue weighted by molar-refractivity contribution is -0.125. The number of carbonyl (C=O) groups is 1. The number of amides is 1. The van der Waals surface area contributed by atoms with Gasteiger partial charge in [-0.15, -0.1) is 0 Å². The number of likely N-dealkylation sites (tertiary alicyclic amines) is 1. The van der Waals surface area contributed by atoms with E-state index in [1.165, 1.54) is 38.8 Å². The number of rotatable bonds is 6. The molecular weight excluding hydrogens is 374 g/mol. The summed E-state index contributed by atoms with van der Waals surface area (Å²) in [6.07, 6.45) is 10.9. The van der Waals surface area contributed by atoms with Crippen LogP contribution in [0.15, 0.2) is 42.7 Å². The molecule has 0 spiro atoms. The van der Waals surface area contributed by atoms with Gasteiger partial charge in [-0.1, -0.05) is 43.2 Å². The van der Waals surface area contributed by atoms with Gasteiger partial charge in [0, 0.05) is 44.1 Å². The van der Waals surface area contributed by atoms with Crippen molar-refractivity contribution in [3.05, 3.63) is 42.7 Å². The van der Waals surface area contributed by atoms with Crippen LogP contribution >= 0.6 is 0 Å². The van der Waals surface area contributed by atoms with Gasteiger partial charge < -0.3 is 15.1 Å². The predicted octanol–water partition coefficient (Wildman–Crippen LogP) is 3.35.